The van der Waals surface area contributed by atoms with Crippen LogP contribution in [0.3, 0.4) is 0 Å². The maximum absolute atomic E-state index is 4.16. The molecule has 0 saturated heterocycles. The van der Waals surface area contributed by atoms with Crippen molar-refractivity contribution >= 4 is 15.9 Å². The Bertz CT molecular complexity index is 404. The van der Waals surface area contributed by atoms with E-state index < -0.39 is 0 Å². The molecule has 0 spiro atoms. The third-order valence-corrected chi connectivity index (χ3v) is 2.25. The first-order chi connectivity index (χ1) is 6.25. The predicted octanol–water partition coefficient (Wildman–Crippen LogP) is 1.43. The Labute approximate surface area is 84.3 Å². The number of imidazole rings is 1. The summed E-state index contributed by atoms with van der Waals surface area (Å²) in [6, 6.07) is 0. The van der Waals surface area contributed by atoms with Gasteiger partial charge in [-0.2, -0.15) is 5.10 Å². The molecule has 0 aliphatic rings. The van der Waals surface area contributed by atoms with E-state index >= 15 is 0 Å². The fourth-order valence-corrected chi connectivity index (χ4v) is 1.46. The van der Waals surface area contributed by atoms with Gasteiger partial charge in [0.15, 0.2) is 0 Å². The van der Waals surface area contributed by atoms with Gasteiger partial charge in [0.25, 0.3) is 0 Å². The zero-order valence-electron chi connectivity index (χ0n) is 7.18. The average molecular weight is 241 g/mol. The number of aromatic nitrogens is 4. The standard InChI is InChI=1S/C8H9BrN4/c1-12-6-10-3-8(12)5-13-4-7(9)2-11-13/h2-4,6H,5H2,1H3. The molecule has 0 amide bonds. The lowest BCUT2D eigenvalue weighted by molar-refractivity contribution is 0.648. The van der Waals surface area contributed by atoms with Gasteiger partial charge in [0.1, 0.15) is 0 Å². The van der Waals surface area contributed by atoms with Crippen LogP contribution in [0.15, 0.2) is 29.4 Å². The number of rotatable bonds is 2. The summed E-state index contributed by atoms with van der Waals surface area (Å²) in [5.41, 5.74) is 1.13. The van der Waals surface area contributed by atoms with Gasteiger partial charge in [-0.05, 0) is 15.9 Å². The zero-order valence-corrected chi connectivity index (χ0v) is 8.77. The molecule has 0 unspecified atom stereocenters. The molecule has 0 bridgehead atoms. The van der Waals surface area contributed by atoms with Crippen molar-refractivity contribution in [2.24, 2.45) is 7.05 Å². The summed E-state index contributed by atoms with van der Waals surface area (Å²) >= 11 is 3.35. The smallest absolute Gasteiger partial charge is 0.0946 e. The van der Waals surface area contributed by atoms with Crippen molar-refractivity contribution in [3.05, 3.63) is 35.1 Å². The lowest BCUT2D eigenvalue weighted by atomic mass is 10.5. The second-order valence-electron chi connectivity index (χ2n) is 2.85. The molecule has 0 fully saturated rings. The summed E-state index contributed by atoms with van der Waals surface area (Å²) in [6.07, 6.45) is 7.34. The number of nitrogens with zero attached hydrogens (tertiary/aromatic N) is 4. The van der Waals surface area contributed by atoms with E-state index in [0.717, 1.165) is 16.7 Å². The first-order valence-corrected chi connectivity index (χ1v) is 4.68. The quantitative estimate of drug-likeness (QED) is 0.797. The van der Waals surface area contributed by atoms with Crippen LogP contribution in [0.4, 0.5) is 0 Å². The number of hydrogen-bond acceptors (Lipinski definition) is 2. The molecule has 2 aromatic rings. The summed E-state index contributed by atoms with van der Waals surface area (Å²) in [7, 11) is 1.97. The van der Waals surface area contributed by atoms with E-state index in [4.69, 9.17) is 0 Å². The fraction of sp³-hybridized carbons (Fsp3) is 0.250. The fourth-order valence-electron chi connectivity index (χ4n) is 1.13. The third-order valence-electron chi connectivity index (χ3n) is 1.84. The van der Waals surface area contributed by atoms with Gasteiger partial charge < -0.3 is 4.57 Å². The van der Waals surface area contributed by atoms with Crippen LogP contribution in [0.2, 0.25) is 0 Å². The first kappa shape index (κ1) is 8.50. The number of halogens is 1. The molecular weight excluding hydrogens is 232 g/mol. The largest absolute Gasteiger partial charge is 0.336 e. The van der Waals surface area contributed by atoms with Crippen molar-refractivity contribution in [2.45, 2.75) is 6.54 Å². The Balaban J connectivity index is 2.19. The SMILES string of the molecule is Cn1cncc1Cn1cc(Br)cn1. The van der Waals surface area contributed by atoms with Crippen molar-refractivity contribution in [1.29, 1.82) is 0 Å². The second-order valence-corrected chi connectivity index (χ2v) is 3.77. The van der Waals surface area contributed by atoms with E-state index in [-0.39, 0.29) is 0 Å². The summed E-state index contributed by atoms with van der Waals surface area (Å²) < 4.78 is 4.84. The Morgan fingerprint density at radius 2 is 2.31 bits per heavy atom. The normalized spacial score (nSPS) is 10.6. The van der Waals surface area contributed by atoms with Gasteiger partial charge in [-0.25, -0.2) is 4.98 Å². The maximum Gasteiger partial charge on any atom is 0.0946 e. The molecule has 2 heterocycles. The molecule has 2 aromatic heterocycles. The van der Waals surface area contributed by atoms with E-state index in [0.29, 0.717) is 0 Å². The minimum atomic E-state index is 0.752. The van der Waals surface area contributed by atoms with E-state index in [9.17, 15) is 0 Å². The molecule has 5 heteroatoms. The first-order valence-electron chi connectivity index (χ1n) is 3.89. The van der Waals surface area contributed by atoms with Crippen molar-refractivity contribution < 1.29 is 0 Å². The minimum Gasteiger partial charge on any atom is -0.336 e. The molecule has 13 heavy (non-hydrogen) atoms. The van der Waals surface area contributed by atoms with Gasteiger partial charge in [-0.3, -0.25) is 4.68 Å². The van der Waals surface area contributed by atoms with E-state index in [1.807, 2.05) is 28.7 Å². The Morgan fingerprint density at radius 3 is 2.85 bits per heavy atom. The van der Waals surface area contributed by atoms with Crippen molar-refractivity contribution in [1.82, 2.24) is 19.3 Å². The summed E-state index contributed by atoms with van der Waals surface area (Å²) in [5.74, 6) is 0. The molecule has 0 aliphatic carbocycles. The Hall–Kier alpha value is -1.10. The molecule has 0 aromatic carbocycles. The molecular formula is C8H9BrN4. The highest BCUT2D eigenvalue weighted by Gasteiger charge is 2.00. The van der Waals surface area contributed by atoms with Crippen LogP contribution in [-0.2, 0) is 13.6 Å². The third kappa shape index (κ3) is 1.80. The molecule has 0 aliphatic heterocycles. The molecule has 68 valence electrons. The minimum absolute atomic E-state index is 0.752. The van der Waals surface area contributed by atoms with Crippen LogP contribution in [-0.4, -0.2) is 19.3 Å². The van der Waals surface area contributed by atoms with E-state index in [2.05, 4.69) is 26.0 Å². The number of hydrogen-bond donors (Lipinski definition) is 0. The Morgan fingerprint density at radius 1 is 1.46 bits per heavy atom. The molecule has 0 saturated carbocycles. The van der Waals surface area contributed by atoms with Crippen LogP contribution in [0.5, 0.6) is 0 Å². The highest BCUT2D eigenvalue weighted by atomic mass is 79.9. The van der Waals surface area contributed by atoms with Crippen LogP contribution >= 0.6 is 15.9 Å². The van der Waals surface area contributed by atoms with Crippen molar-refractivity contribution in [3.63, 3.8) is 0 Å². The topological polar surface area (TPSA) is 35.6 Å². The van der Waals surface area contributed by atoms with Gasteiger partial charge in [-0.1, -0.05) is 0 Å². The van der Waals surface area contributed by atoms with Gasteiger partial charge in [0.05, 0.1) is 35.4 Å². The van der Waals surface area contributed by atoms with Crippen LogP contribution in [0, 0.1) is 0 Å². The maximum atomic E-state index is 4.16. The lowest BCUT2D eigenvalue weighted by Crippen LogP contribution is -2.04. The van der Waals surface area contributed by atoms with E-state index in [1.165, 1.54) is 0 Å². The summed E-state index contributed by atoms with van der Waals surface area (Å²) in [5, 5.41) is 4.16. The molecule has 0 N–H and O–H groups in total. The van der Waals surface area contributed by atoms with Crippen LogP contribution < -0.4 is 0 Å². The highest BCUT2D eigenvalue weighted by Crippen LogP contribution is 2.07. The van der Waals surface area contributed by atoms with Gasteiger partial charge in [-0.15, -0.1) is 0 Å². The molecule has 4 nitrogen and oxygen atoms in total. The van der Waals surface area contributed by atoms with Crippen LogP contribution in [0.25, 0.3) is 0 Å². The number of aryl methyl sites for hydroxylation is 1. The molecule has 2 rings (SSSR count). The van der Waals surface area contributed by atoms with Gasteiger partial charge >= 0.3 is 0 Å². The summed E-state index contributed by atoms with van der Waals surface area (Å²) in [6.45, 7) is 0.752. The zero-order chi connectivity index (χ0) is 9.26. The summed E-state index contributed by atoms with van der Waals surface area (Å²) in [4.78, 5) is 4.03. The van der Waals surface area contributed by atoms with Crippen molar-refractivity contribution in [2.75, 3.05) is 0 Å². The average Bonchev–Trinajstić information content (AvgIpc) is 2.64. The predicted molar refractivity (Wildman–Crippen MR) is 52.2 cm³/mol. The van der Waals surface area contributed by atoms with Gasteiger partial charge in [0, 0.05) is 13.2 Å². The van der Waals surface area contributed by atoms with E-state index in [1.54, 1.807) is 12.5 Å². The van der Waals surface area contributed by atoms with Crippen LogP contribution in [0.1, 0.15) is 5.69 Å². The monoisotopic (exact) mass is 240 g/mol. The molecule has 0 atom stereocenters. The van der Waals surface area contributed by atoms with Gasteiger partial charge in [0.2, 0.25) is 0 Å². The van der Waals surface area contributed by atoms with Crippen molar-refractivity contribution in [3.8, 4) is 0 Å². The Kier molecular flexibility index (Phi) is 2.18. The highest BCUT2D eigenvalue weighted by molar-refractivity contribution is 9.10. The second kappa shape index (κ2) is 3.33. The lowest BCUT2D eigenvalue weighted by Gasteiger charge is -2.01. The molecule has 0 radical (unpaired) electrons.